The van der Waals surface area contributed by atoms with Gasteiger partial charge in [0.1, 0.15) is 17.6 Å². The van der Waals surface area contributed by atoms with E-state index >= 15 is 0 Å². The van der Waals surface area contributed by atoms with Crippen LogP contribution in [0.5, 0.6) is 0 Å². The zero-order valence-corrected chi connectivity index (χ0v) is 12.9. The van der Waals surface area contributed by atoms with Crippen molar-refractivity contribution in [3.05, 3.63) is 35.4 Å². The standard InChI is InChI=1S/C16H19F2NO3/c1-16(2)9-19(8-13(14(16)20)15(21)22-3)7-10-4-11(17)6-12(18)5-10/h4-6,13H,7-9H2,1-3H3. The molecule has 0 N–H and O–H groups in total. The number of carbonyl (C=O) groups excluding carboxylic acids is 2. The van der Waals surface area contributed by atoms with Crippen LogP contribution in [-0.4, -0.2) is 36.9 Å². The minimum absolute atomic E-state index is 0.166. The number of Topliss-reactive ketones (excluding diaryl/α,β-unsaturated/α-hetero) is 1. The van der Waals surface area contributed by atoms with E-state index in [4.69, 9.17) is 0 Å². The number of rotatable bonds is 3. The van der Waals surface area contributed by atoms with Gasteiger partial charge in [0.05, 0.1) is 7.11 Å². The van der Waals surface area contributed by atoms with Crippen molar-refractivity contribution in [2.45, 2.75) is 20.4 Å². The molecular weight excluding hydrogens is 292 g/mol. The van der Waals surface area contributed by atoms with Crippen LogP contribution >= 0.6 is 0 Å². The van der Waals surface area contributed by atoms with E-state index in [1.165, 1.54) is 19.2 Å². The molecule has 1 fully saturated rings. The molecule has 1 atom stereocenters. The molecule has 0 aliphatic carbocycles. The Morgan fingerprint density at radius 1 is 1.32 bits per heavy atom. The van der Waals surface area contributed by atoms with Crippen LogP contribution < -0.4 is 0 Å². The van der Waals surface area contributed by atoms with Crippen LogP contribution in [0.3, 0.4) is 0 Å². The minimum Gasteiger partial charge on any atom is -0.468 e. The van der Waals surface area contributed by atoms with Crippen molar-refractivity contribution in [3.8, 4) is 0 Å². The van der Waals surface area contributed by atoms with E-state index < -0.39 is 28.9 Å². The summed E-state index contributed by atoms with van der Waals surface area (Å²) in [7, 11) is 1.24. The predicted octanol–water partition coefficient (Wildman–Crippen LogP) is 2.16. The van der Waals surface area contributed by atoms with Gasteiger partial charge in [0, 0.05) is 31.1 Å². The van der Waals surface area contributed by atoms with Crippen molar-refractivity contribution in [1.29, 1.82) is 0 Å². The molecule has 0 spiro atoms. The van der Waals surface area contributed by atoms with Crippen LogP contribution in [-0.2, 0) is 20.9 Å². The van der Waals surface area contributed by atoms with Crippen molar-refractivity contribution >= 4 is 11.8 Å². The highest BCUT2D eigenvalue weighted by atomic mass is 19.1. The maximum absolute atomic E-state index is 13.3. The van der Waals surface area contributed by atoms with Crippen molar-refractivity contribution in [2.75, 3.05) is 20.2 Å². The Bertz CT molecular complexity index is 581. The van der Waals surface area contributed by atoms with E-state index in [1.54, 1.807) is 13.8 Å². The smallest absolute Gasteiger partial charge is 0.317 e. The average Bonchev–Trinajstić information content (AvgIpc) is 2.40. The Morgan fingerprint density at radius 2 is 1.91 bits per heavy atom. The van der Waals surface area contributed by atoms with Crippen molar-refractivity contribution < 1.29 is 23.1 Å². The van der Waals surface area contributed by atoms with Crippen LogP contribution in [0.1, 0.15) is 19.4 Å². The lowest BCUT2D eigenvalue weighted by Crippen LogP contribution is -2.53. The molecule has 6 heteroatoms. The zero-order valence-electron chi connectivity index (χ0n) is 12.9. The molecule has 0 bridgehead atoms. The van der Waals surface area contributed by atoms with Crippen LogP contribution in [0.4, 0.5) is 8.78 Å². The van der Waals surface area contributed by atoms with E-state index in [0.717, 1.165) is 6.07 Å². The highest BCUT2D eigenvalue weighted by Gasteiger charge is 2.44. The van der Waals surface area contributed by atoms with Gasteiger partial charge in [-0.05, 0) is 17.7 Å². The number of hydrogen-bond donors (Lipinski definition) is 0. The van der Waals surface area contributed by atoms with E-state index in [2.05, 4.69) is 4.74 Å². The van der Waals surface area contributed by atoms with Crippen molar-refractivity contribution in [1.82, 2.24) is 4.90 Å². The van der Waals surface area contributed by atoms with Gasteiger partial charge < -0.3 is 4.74 Å². The van der Waals surface area contributed by atoms with Crippen molar-refractivity contribution in [2.24, 2.45) is 11.3 Å². The van der Waals surface area contributed by atoms with E-state index in [9.17, 15) is 18.4 Å². The third-order valence-electron chi connectivity index (χ3n) is 3.86. The van der Waals surface area contributed by atoms with Gasteiger partial charge in [0.2, 0.25) is 0 Å². The van der Waals surface area contributed by atoms with E-state index in [0.29, 0.717) is 12.1 Å². The van der Waals surface area contributed by atoms with Crippen LogP contribution in [0, 0.1) is 23.0 Å². The summed E-state index contributed by atoms with van der Waals surface area (Å²) in [6.07, 6.45) is 0. The number of nitrogens with zero attached hydrogens (tertiary/aromatic N) is 1. The molecule has 0 amide bonds. The number of likely N-dealkylation sites (tertiary alicyclic amines) is 1. The summed E-state index contributed by atoms with van der Waals surface area (Å²) in [4.78, 5) is 25.9. The molecule has 1 aromatic rings. The van der Waals surface area contributed by atoms with Gasteiger partial charge in [-0.15, -0.1) is 0 Å². The fourth-order valence-corrected chi connectivity index (χ4v) is 2.92. The molecule has 2 rings (SSSR count). The molecule has 1 unspecified atom stereocenters. The summed E-state index contributed by atoms with van der Waals surface area (Å²) < 4.78 is 31.2. The molecule has 0 aromatic heterocycles. The van der Waals surface area contributed by atoms with E-state index in [-0.39, 0.29) is 18.9 Å². The quantitative estimate of drug-likeness (QED) is 0.634. The first-order valence-electron chi connectivity index (χ1n) is 7.02. The summed E-state index contributed by atoms with van der Waals surface area (Å²) in [6, 6.07) is 3.31. The van der Waals surface area contributed by atoms with Crippen molar-refractivity contribution in [3.63, 3.8) is 0 Å². The van der Waals surface area contributed by atoms with Crippen LogP contribution in [0.25, 0.3) is 0 Å². The zero-order chi connectivity index (χ0) is 16.5. The number of piperidine rings is 1. The Kier molecular flexibility index (Phi) is 4.60. The molecular formula is C16H19F2NO3. The van der Waals surface area contributed by atoms with Gasteiger partial charge in [-0.2, -0.15) is 0 Å². The number of halogens is 2. The number of benzene rings is 1. The summed E-state index contributed by atoms with van der Waals surface area (Å²) in [6.45, 7) is 4.37. The SMILES string of the molecule is COC(=O)C1CN(Cc2cc(F)cc(F)c2)CC(C)(C)C1=O. The summed E-state index contributed by atoms with van der Waals surface area (Å²) in [5.41, 5.74) is -0.255. The topological polar surface area (TPSA) is 46.6 Å². The summed E-state index contributed by atoms with van der Waals surface area (Å²) in [5.74, 6) is -2.90. The summed E-state index contributed by atoms with van der Waals surface area (Å²) >= 11 is 0. The molecule has 0 radical (unpaired) electrons. The van der Waals surface area contributed by atoms with Gasteiger partial charge >= 0.3 is 5.97 Å². The predicted molar refractivity (Wildman–Crippen MR) is 75.9 cm³/mol. The first-order chi connectivity index (χ1) is 10.2. The Balaban J connectivity index is 2.20. The summed E-state index contributed by atoms with van der Waals surface area (Å²) in [5, 5.41) is 0. The number of methoxy groups -OCH3 is 1. The largest absolute Gasteiger partial charge is 0.468 e. The number of carbonyl (C=O) groups is 2. The molecule has 1 aromatic carbocycles. The first kappa shape index (κ1) is 16.5. The fraction of sp³-hybridized carbons (Fsp3) is 0.500. The van der Waals surface area contributed by atoms with Crippen LogP contribution in [0.15, 0.2) is 18.2 Å². The molecule has 1 heterocycles. The third kappa shape index (κ3) is 3.50. The van der Waals surface area contributed by atoms with Gasteiger partial charge in [-0.25, -0.2) is 8.78 Å². The maximum Gasteiger partial charge on any atom is 0.317 e. The lowest BCUT2D eigenvalue weighted by molar-refractivity contribution is -0.156. The first-order valence-corrected chi connectivity index (χ1v) is 7.02. The maximum atomic E-state index is 13.3. The Labute approximate surface area is 128 Å². The normalized spacial score (nSPS) is 21.7. The molecule has 4 nitrogen and oxygen atoms in total. The Hall–Kier alpha value is -1.82. The second-order valence-electron chi connectivity index (χ2n) is 6.27. The molecule has 1 saturated heterocycles. The number of ketones is 1. The highest BCUT2D eigenvalue weighted by molar-refractivity contribution is 6.02. The fourth-order valence-electron chi connectivity index (χ4n) is 2.92. The van der Waals surface area contributed by atoms with Crippen LogP contribution in [0.2, 0.25) is 0 Å². The number of esters is 1. The second kappa shape index (κ2) is 6.12. The van der Waals surface area contributed by atoms with Gasteiger partial charge in [0.25, 0.3) is 0 Å². The van der Waals surface area contributed by atoms with Gasteiger partial charge in [-0.1, -0.05) is 13.8 Å². The number of ether oxygens (including phenoxy) is 1. The molecule has 0 saturated carbocycles. The lowest BCUT2D eigenvalue weighted by Gasteiger charge is -2.40. The van der Waals surface area contributed by atoms with Gasteiger partial charge in [0.15, 0.2) is 5.78 Å². The Morgan fingerprint density at radius 3 is 2.45 bits per heavy atom. The molecule has 22 heavy (non-hydrogen) atoms. The highest BCUT2D eigenvalue weighted by Crippen LogP contribution is 2.30. The van der Waals surface area contributed by atoms with E-state index in [1.807, 2.05) is 4.90 Å². The second-order valence-corrected chi connectivity index (χ2v) is 6.27. The lowest BCUT2D eigenvalue weighted by atomic mass is 9.77. The average molecular weight is 311 g/mol. The number of hydrogen-bond acceptors (Lipinski definition) is 4. The monoisotopic (exact) mass is 311 g/mol. The molecule has 1 aliphatic rings. The molecule has 1 aliphatic heterocycles. The molecule has 120 valence electrons. The third-order valence-corrected chi connectivity index (χ3v) is 3.86. The van der Waals surface area contributed by atoms with Gasteiger partial charge in [-0.3, -0.25) is 14.5 Å². The minimum atomic E-state index is -0.868.